The van der Waals surface area contributed by atoms with E-state index in [-0.39, 0.29) is 23.9 Å². The molecule has 0 spiro atoms. The molecule has 1 unspecified atom stereocenters. The molecule has 0 radical (unpaired) electrons. The van der Waals surface area contributed by atoms with Gasteiger partial charge in [0.25, 0.3) is 11.6 Å². The second-order valence-electron chi connectivity index (χ2n) is 5.13. The molecule has 0 aliphatic carbocycles. The van der Waals surface area contributed by atoms with Crippen LogP contribution in [0.1, 0.15) is 22.3 Å². The number of halogens is 4. The van der Waals surface area contributed by atoms with Crippen LogP contribution in [0.2, 0.25) is 0 Å². The smallest absolute Gasteiger partial charge is 0.338 e. The van der Waals surface area contributed by atoms with Crippen LogP contribution in [0.15, 0.2) is 18.2 Å². The van der Waals surface area contributed by atoms with Crippen LogP contribution in [0, 0.1) is 16.0 Å². The largest absolute Gasteiger partial charge is 0.416 e. The lowest BCUT2D eigenvalue weighted by atomic mass is 10.1. The summed E-state index contributed by atoms with van der Waals surface area (Å²) in [5.41, 5.74) is 3.18. The number of amides is 1. The molecule has 1 aliphatic rings. The Morgan fingerprint density at radius 3 is 2.57 bits per heavy atom. The first-order chi connectivity index (χ1) is 10.2. The highest BCUT2D eigenvalue weighted by Gasteiger charge is 2.35. The summed E-state index contributed by atoms with van der Waals surface area (Å²) in [6, 6.07) is 1.93. The van der Waals surface area contributed by atoms with Gasteiger partial charge in [0.2, 0.25) is 0 Å². The average Bonchev–Trinajstić information content (AvgIpc) is 2.93. The summed E-state index contributed by atoms with van der Waals surface area (Å²) in [5, 5.41) is 11.0. The summed E-state index contributed by atoms with van der Waals surface area (Å²) >= 11 is 0. The Hall–Kier alpha value is -1.87. The maximum absolute atomic E-state index is 12.6. The van der Waals surface area contributed by atoms with Crippen molar-refractivity contribution < 1.29 is 22.9 Å². The van der Waals surface area contributed by atoms with Gasteiger partial charge in [0.15, 0.2) is 0 Å². The summed E-state index contributed by atoms with van der Waals surface area (Å²) in [7, 11) is 0. The molecule has 0 aromatic heterocycles. The molecule has 0 bridgehead atoms. The Labute approximate surface area is 136 Å². The predicted molar refractivity (Wildman–Crippen MR) is 78.4 cm³/mol. The molecule has 1 aromatic rings. The highest BCUT2D eigenvalue weighted by atomic mass is 35.5. The molecule has 10 heteroatoms. The van der Waals surface area contributed by atoms with Crippen molar-refractivity contribution in [3.63, 3.8) is 0 Å². The van der Waals surface area contributed by atoms with Crippen LogP contribution in [0.4, 0.5) is 18.9 Å². The number of hydrogen-bond donors (Lipinski definition) is 1. The molecular formula is C13H15ClF3N3O3. The van der Waals surface area contributed by atoms with Crippen LogP contribution in [0.3, 0.4) is 0 Å². The molecule has 2 rings (SSSR count). The molecular weight excluding hydrogens is 339 g/mol. The van der Waals surface area contributed by atoms with Gasteiger partial charge in [-0.15, -0.1) is 12.4 Å². The average molecular weight is 354 g/mol. The molecule has 2 N–H and O–H groups in total. The van der Waals surface area contributed by atoms with Crippen molar-refractivity contribution in [3.8, 4) is 0 Å². The lowest BCUT2D eigenvalue weighted by Gasteiger charge is -2.17. The van der Waals surface area contributed by atoms with Crippen LogP contribution in [0.25, 0.3) is 0 Å². The minimum absolute atomic E-state index is 0. The Morgan fingerprint density at radius 1 is 1.43 bits per heavy atom. The van der Waals surface area contributed by atoms with Crippen LogP contribution in [0.5, 0.6) is 0 Å². The van der Waals surface area contributed by atoms with Gasteiger partial charge >= 0.3 is 6.18 Å². The van der Waals surface area contributed by atoms with Crippen molar-refractivity contribution >= 4 is 24.0 Å². The number of likely N-dealkylation sites (tertiary alicyclic amines) is 1. The summed E-state index contributed by atoms with van der Waals surface area (Å²) in [5.74, 6) is -0.533. The highest BCUT2D eigenvalue weighted by Crippen LogP contribution is 2.33. The zero-order valence-electron chi connectivity index (χ0n) is 11.9. The van der Waals surface area contributed by atoms with E-state index in [9.17, 15) is 28.1 Å². The lowest BCUT2D eigenvalue weighted by molar-refractivity contribution is -0.385. The number of carbonyl (C=O) groups is 1. The van der Waals surface area contributed by atoms with Crippen molar-refractivity contribution in [1.82, 2.24) is 4.90 Å². The van der Waals surface area contributed by atoms with Gasteiger partial charge in [0.05, 0.1) is 10.5 Å². The molecule has 23 heavy (non-hydrogen) atoms. The van der Waals surface area contributed by atoms with Gasteiger partial charge in [-0.2, -0.15) is 13.2 Å². The minimum atomic E-state index is -4.70. The predicted octanol–water partition coefficient (Wildman–Crippen LogP) is 2.46. The summed E-state index contributed by atoms with van der Waals surface area (Å²) in [6.07, 6.45) is -4.03. The number of benzene rings is 1. The molecule has 1 heterocycles. The molecule has 1 aromatic carbocycles. The van der Waals surface area contributed by atoms with Crippen molar-refractivity contribution in [3.05, 3.63) is 39.4 Å². The summed E-state index contributed by atoms with van der Waals surface area (Å²) in [6.45, 7) is 1.13. The number of hydrogen-bond acceptors (Lipinski definition) is 4. The number of nitrogens with zero attached hydrogens (tertiary/aromatic N) is 2. The standard InChI is InChI=1S/C13H14F3N3O3.ClH/c14-13(15,16)9-1-2-10(11(5-9)19(21)22)12(20)18-4-3-8(6-17)7-18;/h1-2,5,8H,3-4,6-7,17H2;1H. The number of carbonyl (C=O) groups excluding carboxylic acids is 1. The van der Waals surface area contributed by atoms with Crippen molar-refractivity contribution in [2.24, 2.45) is 11.7 Å². The molecule has 1 saturated heterocycles. The maximum Gasteiger partial charge on any atom is 0.416 e. The van der Waals surface area contributed by atoms with E-state index in [0.717, 1.165) is 6.07 Å². The fourth-order valence-electron chi connectivity index (χ4n) is 2.42. The van der Waals surface area contributed by atoms with Crippen LogP contribution in [-0.4, -0.2) is 35.4 Å². The first kappa shape index (κ1) is 19.2. The third kappa shape index (κ3) is 4.11. The molecule has 128 valence electrons. The van der Waals surface area contributed by atoms with Gasteiger partial charge in [-0.25, -0.2) is 0 Å². The SMILES string of the molecule is Cl.NCC1CCN(C(=O)c2ccc(C(F)(F)F)cc2[N+](=O)[O-])C1. The van der Waals surface area contributed by atoms with Gasteiger partial charge in [-0.3, -0.25) is 14.9 Å². The molecule has 6 nitrogen and oxygen atoms in total. The molecule has 1 fully saturated rings. The number of nitro groups is 1. The Balaban J connectivity index is 0.00000264. The lowest BCUT2D eigenvalue weighted by Crippen LogP contribution is -2.30. The highest BCUT2D eigenvalue weighted by molar-refractivity contribution is 5.98. The third-order valence-electron chi connectivity index (χ3n) is 3.66. The number of rotatable bonds is 3. The molecule has 1 aliphatic heterocycles. The second kappa shape index (κ2) is 7.14. The first-order valence-electron chi connectivity index (χ1n) is 6.59. The summed E-state index contributed by atoms with van der Waals surface area (Å²) in [4.78, 5) is 23.7. The fraction of sp³-hybridized carbons (Fsp3) is 0.462. The van der Waals surface area contributed by atoms with E-state index >= 15 is 0 Å². The van der Waals surface area contributed by atoms with Gasteiger partial charge in [0, 0.05) is 19.2 Å². The monoisotopic (exact) mass is 353 g/mol. The topological polar surface area (TPSA) is 89.5 Å². The first-order valence-corrected chi connectivity index (χ1v) is 6.59. The zero-order valence-corrected chi connectivity index (χ0v) is 12.7. The quantitative estimate of drug-likeness (QED) is 0.667. The van der Waals surface area contributed by atoms with Gasteiger partial charge < -0.3 is 10.6 Å². The van der Waals surface area contributed by atoms with E-state index in [1.807, 2.05) is 0 Å². The number of nitrogens with two attached hydrogens (primary N) is 1. The van der Waals surface area contributed by atoms with E-state index in [4.69, 9.17) is 5.73 Å². The second-order valence-corrected chi connectivity index (χ2v) is 5.13. The fourth-order valence-corrected chi connectivity index (χ4v) is 2.42. The van der Waals surface area contributed by atoms with Crippen molar-refractivity contribution in [1.29, 1.82) is 0 Å². The zero-order chi connectivity index (χ0) is 16.5. The minimum Gasteiger partial charge on any atom is -0.338 e. The third-order valence-corrected chi connectivity index (χ3v) is 3.66. The Kier molecular flexibility index (Phi) is 5.95. The Morgan fingerprint density at radius 2 is 2.09 bits per heavy atom. The van der Waals surface area contributed by atoms with Crippen LogP contribution < -0.4 is 5.73 Å². The van der Waals surface area contributed by atoms with E-state index in [2.05, 4.69) is 0 Å². The molecule has 1 amide bonds. The maximum atomic E-state index is 12.6. The van der Waals surface area contributed by atoms with E-state index in [0.29, 0.717) is 38.2 Å². The molecule has 0 saturated carbocycles. The van der Waals surface area contributed by atoms with E-state index in [1.54, 1.807) is 0 Å². The normalized spacial score (nSPS) is 17.7. The van der Waals surface area contributed by atoms with Gasteiger partial charge in [0.1, 0.15) is 5.56 Å². The van der Waals surface area contributed by atoms with Crippen molar-refractivity contribution in [2.75, 3.05) is 19.6 Å². The van der Waals surface area contributed by atoms with Gasteiger partial charge in [-0.05, 0) is 31.0 Å². The van der Waals surface area contributed by atoms with Crippen molar-refractivity contribution in [2.45, 2.75) is 12.6 Å². The van der Waals surface area contributed by atoms with Gasteiger partial charge in [-0.1, -0.05) is 0 Å². The van der Waals surface area contributed by atoms with Crippen LogP contribution >= 0.6 is 12.4 Å². The van der Waals surface area contributed by atoms with E-state index in [1.165, 1.54) is 4.90 Å². The van der Waals surface area contributed by atoms with E-state index < -0.39 is 28.3 Å². The summed E-state index contributed by atoms with van der Waals surface area (Å²) < 4.78 is 37.9. The number of nitro benzene ring substituents is 1. The number of alkyl halides is 3. The Bertz CT molecular complexity index is 610. The molecule has 1 atom stereocenters. The van der Waals surface area contributed by atoms with Crippen LogP contribution in [-0.2, 0) is 6.18 Å².